The second-order valence-corrected chi connectivity index (χ2v) is 10.9. The predicted molar refractivity (Wildman–Crippen MR) is 156 cm³/mol. The highest BCUT2D eigenvalue weighted by molar-refractivity contribution is 6.18. The molecule has 0 saturated heterocycles. The highest BCUT2D eigenvalue weighted by Crippen LogP contribution is 2.37. The van der Waals surface area contributed by atoms with Gasteiger partial charge in [0.25, 0.3) is 0 Å². The number of aliphatic imine (C=N–C) groups is 2. The first kappa shape index (κ1) is 29.7. The number of rotatable bonds is 23. The molecule has 35 heavy (non-hydrogen) atoms. The lowest BCUT2D eigenvalue weighted by Gasteiger charge is -2.26. The van der Waals surface area contributed by atoms with Gasteiger partial charge in [0.15, 0.2) is 12.4 Å². The minimum atomic E-state index is 0.499. The Bertz CT molecular complexity index is 638. The lowest BCUT2D eigenvalue weighted by atomic mass is 9.78. The van der Waals surface area contributed by atoms with Gasteiger partial charge in [-0.25, -0.2) is 0 Å². The second-order valence-electron chi connectivity index (χ2n) is 10.9. The van der Waals surface area contributed by atoms with Crippen LogP contribution in [0, 0.1) is 18.0 Å². The van der Waals surface area contributed by atoms with Crippen LogP contribution in [0.5, 0.6) is 0 Å². The average Bonchev–Trinajstić information content (AvgIpc) is 3.41. The Kier molecular flexibility index (Phi) is 17.5. The van der Waals surface area contributed by atoms with Crippen molar-refractivity contribution in [2.75, 3.05) is 0 Å². The lowest BCUT2D eigenvalue weighted by Crippen LogP contribution is -2.22. The summed E-state index contributed by atoms with van der Waals surface area (Å²) in [6.07, 6.45) is 32.3. The molecule has 0 spiro atoms. The summed E-state index contributed by atoms with van der Waals surface area (Å²) in [7, 11) is 0. The molecule has 0 saturated carbocycles. The lowest BCUT2D eigenvalue weighted by molar-refractivity contribution is 0.284. The van der Waals surface area contributed by atoms with Crippen LogP contribution in [0.25, 0.3) is 0 Å². The molecule has 0 aliphatic carbocycles. The summed E-state index contributed by atoms with van der Waals surface area (Å²) in [6, 6.07) is 11.1. The molecule has 1 heterocycles. The molecule has 1 aliphatic rings. The van der Waals surface area contributed by atoms with E-state index in [1.165, 1.54) is 128 Å². The zero-order valence-electron chi connectivity index (χ0n) is 23.2. The van der Waals surface area contributed by atoms with Crippen molar-refractivity contribution in [1.29, 1.82) is 0 Å². The van der Waals surface area contributed by atoms with Crippen molar-refractivity contribution in [3.8, 4) is 0 Å². The number of hydrogen-bond acceptors (Lipinski definition) is 2. The molecule has 196 valence electrons. The van der Waals surface area contributed by atoms with E-state index in [0.29, 0.717) is 11.8 Å². The van der Waals surface area contributed by atoms with E-state index in [-0.39, 0.29) is 0 Å². The minimum Gasteiger partial charge on any atom is -0.0965 e. The summed E-state index contributed by atoms with van der Waals surface area (Å²) >= 11 is 0. The second kappa shape index (κ2) is 20.6. The van der Waals surface area contributed by atoms with Crippen LogP contribution < -0.4 is 0 Å². The van der Waals surface area contributed by atoms with E-state index in [2.05, 4.69) is 54.2 Å². The van der Waals surface area contributed by atoms with Crippen molar-refractivity contribution in [1.82, 2.24) is 0 Å². The standard InChI is InChI=1S/C33H55N2/c1-3-5-7-9-10-11-12-13-14-15-16-17-21-25-31(29-30-23-19-18-20-24-30)32(26-22-8-6-4-2)33-34-27-28-35-33/h18-20,23-24,27-28,31-32H,3-17,21-22,25-26,29H2,1-2H3/q+1. The fraction of sp³-hybridized carbons (Fsp3) is 0.727. The van der Waals surface area contributed by atoms with Crippen LogP contribution in [-0.4, -0.2) is 12.4 Å². The molecule has 2 unspecified atom stereocenters. The molecule has 2 heteroatoms. The molecule has 1 aromatic rings. The van der Waals surface area contributed by atoms with Gasteiger partial charge >= 0.3 is 0 Å². The van der Waals surface area contributed by atoms with Crippen molar-refractivity contribution >= 4 is 12.4 Å². The number of benzene rings is 1. The summed E-state index contributed by atoms with van der Waals surface area (Å²) in [6.45, 7) is 4.60. The Hall–Kier alpha value is -1.57. The predicted octanol–water partition coefficient (Wildman–Crippen LogP) is 10.6. The highest BCUT2D eigenvalue weighted by Gasteiger charge is 2.35. The SMILES string of the molecule is CCCCCCCCCCCCCCCC(Cc1ccccc1)C(CCCCCC)[C+]1N=CC=N1. The van der Waals surface area contributed by atoms with Gasteiger partial charge in [-0.3, -0.25) is 0 Å². The van der Waals surface area contributed by atoms with Gasteiger partial charge in [0.1, 0.15) is 0 Å². The topological polar surface area (TPSA) is 24.7 Å². The third-order valence-corrected chi connectivity index (χ3v) is 7.77. The minimum absolute atomic E-state index is 0.499. The molecule has 0 N–H and O–H groups in total. The Morgan fingerprint density at radius 3 is 1.57 bits per heavy atom. The molecule has 1 aromatic carbocycles. The Balaban J connectivity index is 1.72. The fourth-order valence-electron chi connectivity index (χ4n) is 5.60. The van der Waals surface area contributed by atoms with Crippen molar-refractivity contribution in [2.24, 2.45) is 21.8 Å². The first-order chi connectivity index (χ1) is 17.3. The van der Waals surface area contributed by atoms with Crippen LogP contribution in [0.1, 0.15) is 141 Å². The molecular weight excluding hydrogens is 424 g/mol. The van der Waals surface area contributed by atoms with Gasteiger partial charge in [-0.05, 0) is 30.7 Å². The van der Waals surface area contributed by atoms with E-state index in [9.17, 15) is 0 Å². The van der Waals surface area contributed by atoms with Crippen LogP contribution in [0.15, 0.2) is 40.3 Å². The zero-order chi connectivity index (χ0) is 24.8. The van der Waals surface area contributed by atoms with Crippen molar-refractivity contribution in [3.05, 3.63) is 42.1 Å². The number of unbranched alkanes of at least 4 members (excludes halogenated alkanes) is 15. The fourth-order valence-corrected chi connectivity index (χ4v) is 5.60. The summed E-state index contributed by atoms with van der Waals surface area (Å²) in [5.74, 6) is 1.15. The zero-order valence-corrected chi connectivity index (χ0v) is 23.2. The van der Waals surface area contributed by atoms with Crippen LogP contribution in [0.3, 0.4) is 0 Å². The highest BCUT2D eigenvalue weighted by atomic mass is 15.0. The normalized spacial score (nSPS) is 14.6. The maximum Gasteiger partial charge on any atom is 0.244 e. The van der Waals surface area contributed by atoms with Crippen LogP contribution in [0.4, 0.5) is 0 Å². The van der Waals surface area contributed by atoms with Crippen molar-refractivity contribution < 1.29 is 0 Å². The average molecular weight is 480 g/mol. The van der Waals surface area contributed by atoms with Gasteiger partial charge in [0.2, 0.25) is 6.17 Å². The number of nitrogens with zero attached hydrogens (tertiary/aromatic N) is 2. The third-order valence-electron chi connectivity index (χ3n) is 7.77. The van der Waals surface area contributed by atoms with Crippen LogP contribution >= 0.6 is 0 Å². The van der Waals surface area contributed by atoms with Crippen LogP contribution in [-0.2, 0) is 6.42 Å². The molecule has 0 fully saturated rings. The molecule has 2 rings (SSSR count). The molecule has 2 atom stereocenters. The Labute approximate surface area is 218 Å². The van der Waals surface area contributed by atoms with E-state index in [0.717, 1.165) is 12.6 Å². The van der Waals surface area contributed by atoms with E-state index >= 15 is 0 Å². The first-order valence-corrected chi connectivity index (χ1v) is 15.3. The van der Waals surface area contributed by atoms with Gasteiger partial charge in [-0.15, -0.1) is 0 Å². The largest absolute Gasteiger partial charge is 0.244 e. The molecule has 2 nitrogen and oxygen atoms in total. The van der Waals surface area contributed by atoms with Gasteiger partial charge in [0, 0.05) is 0 Å². The van der Waals surface area contributed by atoms with E-state index in [4.69, 9.17) is 0 Å². The number of hydrogen-bond donors (Lipinski definition) is 0. The summed E-state index contributed by atoms with van der Waals surface area (Å²) in [5.41, 5.74) is 1.47. The van der Waals surface area contributed by atoms with E-state index < -0.39 is 0 Å². The summed E-state index contributed by atoms with van der Waals surface area (Å²) in [5, 5.41) is 0. The summed E-state index contributed by atoms with van der Waals surface area (Å²) < 4.78 is 0. The Morgan fingerprint density at radius 2 is 1.03 bits per heavy atom. The Morgan fingerprint density at radius 1 is 0.571 bits per heavy atom. The summed E-state index contributed by atoms with van der Waals surface area (Å²) in [4.78, 5) is 9.36. The molecule has 1 aliphatic heterocycles. The molecule has 0 amide bonds. The van der Waals surface area contributed by atoms with Crippen molar-refractivity contribution in [2.45, 2.75) is 142 Å². The molecule has 0 aromatic heterocycles. The van der Waals surface area contributed by atoms with Gasteiger partial charge < -0.3 is 0 Å². The van der Waals surface area contributed by atoms with E-state index in [1.54, 1.807) is 0 Å². The van der Waals surface area contributed by atoms with Crippen molar-refractivity contribution in [3.63, 3.8) is 0 Å². The quantitative estimate of drug-likeness (QED) is 0.110. The monoisotopic (exact) mass is 479 g/mol. The molecular formula is C33H55N2+. The first-order valence-electron chi connectivity index (χ1n) is 15.3. The van der Waals surface area contributed by atoms with Gasteiger partial charge in [-0.2, -0.15) is 0 Å². The maximum atomic E-state index is 4.68. The third kappa shape index (κ3) is 13.9. The molecule has 0 radical (unpaired) electrons. The van der Waals surface area contributed by atoms with Crippen LogP contribution in [0.2, 0.25) is 0 Å². The molecule has 0 bridgehead atoms. The van der Waals surface area contributed by atoms with Gasteiger partial charge in [0.05, 0.1) is 5.92 Å². The maximum absolute atomic E-state index is 4.68. The van der Waals surface area contributed by atoms with Gasteiger partial charge in [-0.1, -0.05) is 163 Å². The van der Waals surface area contributed by atoms with E-state index in [1.807, 2.05) is 12.4 Å². The smallest absolute Gasteiger partial charge is 0.0965 e.